The average Bonchev–Trinajstić information content (AvgIpc) is 2.64. The standard InChI is InChI=1S/C11H8ClF2NO2/c12-11(17)9-3-4-10(16)15(9)6-1-2-7(13)8(14)5-6/h1-2,5,9H,3-4H2. The van der Waals surface area contributed by atoms with Crippen LogP contribution in [0.25, 0.3) is 0 Å². The van der Waals surface area contributed by atoms with Crippen molar-refractivity contribution >= 4 is 28.4 Å². The minimum absolute atomic E-state index is 0.144. The molecule has 90 valence electrons. The van der Waals surface area contributed by atoms with Crippen molar-refractivity contribution < 1.29 is 18.4 Å². The van der Waals surface area contributed by atoms with Crippen LogP contribution in [0.3, 0.4) is 0 Å². The first-order valence-corrected chi connectivity index (χ1v) is 5.35. The van der Waals surface area contributed by atoms with Gasteiger partial charge in [-0.25, -0.2) is 8.78 Å². The molecule has 3 nitrogen and oxygen atoms in total. The van der Waals surface area contributed by atoms with Gasteiger partial charge in [0.05, 0.1) is 0 Å². The zero-order valence-corrected chi connectivity index (χ0v) is 9.38. The SMILES string of the molecule is O=C(Cl)C1CCC(=O)N1c1ccc(F)c(F)c1. The van der Waals surface area contributed by atoms with Gasteiger partial charge >= 0.3 is 0 Å². The van der Waals surface area contributed by atoms with Crippen molar-refractivity contribution in [2.45, 2.75) is 18.9 Å². The van der Waals surface area contributed by atoms with Crippen molar-refractivity contribution in [3.8, 4) is 0 Å². The third-order valence-electron chi connectivity index (χ3n) is 2.66. The molecule has 1 aromatic rings. The van der Waals surface area contributed by atoms with Crippen molar-refractivity contribution in [1.29, 1.82) is 0 Å². The van der Waals surface area contributed by atoms with E-state index in [-0.39, 0.29) is 18.0 Å². The van der Waals surface area contributed by atoms with Crippen LogP contribution in [0.4, 0.5) is 14.5 Å². The first-order chi connectivity index (χ1) is 8.00. The van der Waals surface area contributed by atoms with Gasteiger partial charge in [0.25, 0.3) is 0 Å². The van der Waals surface area contributed by atoms with Gasteiger partial charge in [0, 0.05) is 18.2 Å². The molecule has 1 aromatic carbocycles. The summed E-state index contributed by atoms with van der Waals surface area (Å²) in [7, 11) is 0. The monoisotopic (exact) mass is 259 g/mol. The van der Waals surface area contributed by atoms with Crippen molar-refractivity contribution in [2.24, 2.45) is 0 Å². The van der Waals surface area contributed by atoms with E-state index in [0.717, 1.165) is 17.0 Å². The Morgan fingerprint density at radius 1 is 1.35 bits per heavy atom. The third kappa shape index (κ3) is 2.15. The molecule has 1 aliphatic rings. The maximum atomic E-state index is 13.1. The Balaban J connectivity index is 2.39. The van der Waals surface area contributed by atoms with E-state index in [1.807, 2.05) is 0 Å². The Hall–Kier alpha value is -1.49. The van der Waals surface area contributed by atoms with E-state index in [9.17, 15) is 18.4 Å². The Morgan fingerprint density at radius 3 is 2.65 bits per heavy atom. The van der Waals surface area contributed by atoms with Crippen LogP contribution in [0, 0.1) is 11.6 Å². The molecule has 0 spiro atoms. The van der Waals surface area contributed by atoms with E-state index in [4.69, 9.17) is 11.6 Å². The van der Waals surface area contributed by atoms with Gasteiger partial charge in [0.15, 0.2) is 11.6 Å². The Labute approximate surface area is 101 Å². The van der Waals surface area contributed by atoms with Crippen molar-refractivity contribution in [1.82, 2.24) is 0 Å². The number of carbonyl (C=O) groups excluding carboxylic acids is 2. The maximum absolute atomic E-state index is 13.1. The van der Waals surface area contributed by atoms with Gasteiger partial charge in [-0.1, -0.05) is 0 Å². The van der Waals surface area contributed by atoms with E-state index in [1.165, 1.54) is 6.07 Å². The van der Waals surface area contributed by atoms with Crippen LogP contribution in [0.2, 0.25) is 0 Å². The van der Waals surface area contributed by atoms with E-state index >= 15 is 0 Å². The molecule has 1 unspecified atom stereocenters. The number of hydrogen-bond acceptors (Lipinski definition) is 2. The highest BCUT2D eigenvalue weighted by atomic mass is 35.5. The van der Waals surface area contributed by atoms with Gasteiger partial charge in [0.1, 0.15) is 6.04 Å². The molecule has 17 heavy (non-hydrogen) atoms. The summed E-state index contributed by atoms with van der Waals surface area (Å²) in [5, 5.41) is -0.680. The van der Waals surface area contributed by atoms with Crippen molar-refractivity contribution in [2.75, 3.05) is 4.90 Å². The number of amides is 1. The largest absolute Gasteiger partial charge is 0.300 e. The van der Waals surface area contributed by atoms with Crippen molar-refractivity contribution in [3.63, 3.8) is 0 Å². The van der Waals surface area contributed by atoms with Crippen LogP contribution in [-0.2, 0) is 9.59 Å². The summed E-state index contributed by atoms with van der Waals surface area (Å²) in [6.07, 6.45) is 0.461. The highest BCUT2D eigenvalue weighted by Gasteiger charge is 2.36. The highest BCUT2D eigenvalue weighted by molar-refractivity contribution is 6.65. The number of benzene rings is 1. The smallest absolute Gasteiger partial charge is 0.244 e. The topological polar surface area (TPSA) is 37.4 Å². The Kier molecular flexibility index (Phi) is 3.11. The fraction of sp³-hybridized carbons (Fsp3) is 0.273. The molecule has 1 fully saturated rings. The molecule has 1 atom stereocenters. The molecule has 0 N–H and O–H groups in total. The molecule has 2 rings (SSSR count). The molecule has 0 radical (unpaired) electrons. The number of rotatable bonds is 2. The quantitative estimate of drug-likeness (QED) is 0.764. The summed E-state index contributed by atoms with van der Waals surface area (Å²) >= 11 is 5.36. The molecule has 1 saturated heterocycles. The predicted molar refractivity (Wildman–Crippen MR) is 57.7 cm³/mol. The van der Waals surface area contributed by atoms with Crippen LogP contribution < -0.4 is 4.90 Å². The Bertz CT molecular complexity index is 492. The fourth-order valence-corrected chi connectivity index (χ4v) is 2.06. The molecule has 0 aromatic heterocycles. The lowest BCUT2D eigenvalue weighted by Gasteiger charge is -2.21. The number of carbonyl (C=O) groups is 2. The van der Waals surface area contributed by atoms with E-state index in [2.05, 4.69) is 0 Å². The van der Waals surface area contributed by atoms with Gasteiger partial charge < -0.3 is 4.90 Å². The summed E-state index contributed by atoms with van der Waals surface area (Å²) < 4.78 is 25.8. The molecular formula is C11H8ClF2NO2. The lowest BCUT2D eigenvalue weighted by atomic mass is 10.2. The molecule has 6 heteroatoms. The lowest BCUT2D eigenvalue weighted by molar-refractivity contribution is -0.118. The second kappa shape index (κ2) is 4.41. The molecule has 1 heterocycles. The van der Waals surface area contributed by atoms with Gasteiger partial charge in [-0.05, 0) is 30.2 Å². The van der Waals surface area contributed by atoms with Crippen LogP contribution in [0.5, 0.6) is 0 Å². The molecular weight excluding hydrogens is 252 g/mol. The highest BCUT2D eigenvalue weighted by Crippen LogP contribution is 2.28. The number of hydrogen-bond donors (Lipinski definition) is 0. The third-order valence-corrected chi connectivity index (χ3v) is 2.91. The molecule has 1 aliphatic heterocycles. The van der Waals surface area contributed by atoms with Crippen LogP contribution in [0.1, 0.15) is 12.8 Å². The number of halogens is 3. The number of nitrogens with zero attached hydrogens (tertiary/aromatic N) is 1. The normalized spacial score (nSPS) is 19.8. The zero-order chi connectivity index (χ0) is 12.6. The lowest BCUT2D eigenvalue weighted by Crippen LogP contribution is -2.36. The number of anilines is 1. The van der Waals surface area contributed by atoms with E-state index in [0.29, 0.717) is 6.42 Å². The van der Waals surface area contributed by atoms with Gasteiger partial charge in [0.2, 0.25) is 11.1 Å². The van der Waals surface area contributed by atoms with Gasteiger partial charge in [-0.3, -0.25) is 9.59 Å². The van der Waals surface area contributed by atoms with Gasteiger partial charge in [-0.2, -0.15) is 0 Å². The van der Waals surface area contributed by atoms with E-state index < -0.39 is 22.9 Å². The van der Waals surface area contributed by atoms with Gasteiger partial charge in [-0.15, -0.1) is 0 Å². The maximum Gasteiger partial charge on any atom is 0.244 e. The summed E-state index contributed by atoms with van der Waals surface area (Å²) in [5.41, 5.74) is 0.144. The Morgan fingerprint density at radius 2 is 2.06 bits per heavy atom. The first kappa shape index (κ1) is 12.0. The first-order valence-electron chi connectivity index (χ1n) is 4.97. The van der Waals surface area contributed by atoms with E-state index in [1.54, 1.807) is 0 Å². The second-order valence-electron chi connectivity index (χ2n) is 3.72. The zero-order valence-electron chi connectivity index (χ0n) is 8.62. The minimum atomic E-state index is -1.07. The fourth-order valence-electron chi connectivity index (χ4n) is 1.86. The summed E-state index contributed by atoms with van der Waals surface area (Å²) in [4.78, 5) is 23.8. The van der Waals surface area contributed by atoms with Crippen molar-refractivity contribution in [3.05, 3.63) is 29.8 Å². The van der Waals surface area contributed by atoms with Crippen LogP contribution in [-0.4, -0.2) is 17.2 Å². The molecule has 0 bridgehead atoms. The second-order valence-corrected chi connectivity index (χ2v) is 4.09. The summed E-state index contributed by atoms with van der Waals surface area (Å²) in [5.74, 6) is -2.40. The molecule has 0 saturated carbocycles. The van der Waals surface area contributed by atoms with Crippen LogP contribution in [0.15, 0.2) is 18.2 Å². The molecule has 1 amide bonds. The summed E-state index contributed by atoms with van der Waals surface area (Å²) in [6.45, 7) is 0. The average molecular weight is 260 g/mol. The summed E-state index contributed by atoms with van der Waals surface area (Å²) in [6, 6.07) is 2.24. The minimum Gasteiger partial charge on any atom is -0.300 e. The van der Waals surface area contributed by atoms with Crippen LogP contribution >= 0.6 is 11.6 Å². The predicted octanol–water partition coefficient (Wildman–Crippen LogP) is 2.23. The molecule has 0 aliphatic carbocycles.